The van der Waals surface area contributed by atoms with Gasteiger partial charge in [-0.15, -0.1) is 0 Å². The Morgan fingerprint density at radius 3 is 2.08 bits per heavy atom. The summed E-state index contributed by atoms with van der Waals surface area (Å²) in [6, 6.07) is 8.57. The molecular weight excluding hydrogens is 158 g/mol. The molecule has 0 spiro atoms. The Morgan fingerprint density at radius 2 is 1.69 bits per heavy atom. The first-order valence-electron chi connectivity index (χ1n) is 4.56. The van der Waals surface area contributed by atoms with Crippen LogP contribution in [0.3, 0.4) is 0 Å². The molecule has 0 aliphatic heterocycles. The lowest BCUT2D eigenvalue weighted by molar-refractivity contribution is 0.590. The predicted octanol–water partition coefficient (Wildman–Crippen LogP) is 3.18. The predicted molar refractivity (Wildman–Crippen MR) is 58.4 cm³/mol. The number of rotatable bonds is 2. The van der Waals surface area contributed by atoms with Gasteiger partial charge >= 0.3 is 0 Å². The van der Waals surface area contributed by atoms with E-state index >= 15 is 0 Å². The number of hydrogen-bond acceptors (Lipinski definition) is 1. The smallest absolute Gasteiger partial charge is 0.0632 e. The van der Waals surface area contributed by atoms with E-state index in [1.807, 2.05) is 0 Å². The van der Waals surface area contributed by atoms with Crippen molar-refractivity contribution in [3.8, 4) is 0 Å². The summed E-state index contributed by atoms with van der Waals surface area (Å²) in [7, 11) is 0. The second-order valence-electron chi connectivity index (χ2n) is 4.33. The minimum Gasteiger partial charge on any atom is -0.296 e. The molecule has 0 atom stereocenters. The van der Waals surface area contributed by atoms with Crippen LogP contribution in [0, 0.1) is 0 Å². The molecule has 0 heterocycles. The molecule has 0 amide bonds. The van der Waals surface area contributed by atoms with Gasteiger partial charge in [0, 0.05) is 0 Å². The van der Waals surface area contributed by atoms with Crippen molar-refractivity contribution >= 4 is 6.72 Å². The van der Waals surface area contributed by atoms with Crippen LogP contribution in [0.15, 0.2) is 29.3 Å². The zero-order chi connectivity index (χ0) is 9.90. The van der Waals surface area contributed by atoms with E-state index in [9.17, 15) is 0 Å². The molecule has 0 saturated carbocycles. The summed E-state index contributed by atoms with van der Waals surface area (Å²) in [5, 5.41) is 0. The Labute approximate surface area is 80.5 Å². The Balaban J connectivity index is 2.87. The van der Waals surface area contributed by atoms with E-state index < -0.39 is 0 Å². The molecule has 1 aromatic rings. The van der Waals surface area contributed by atoms with E-state index in [-0.39, 0.29) is 5.41 Å². The lowest BCUT2D eigenvalue weighted by Crippen LogP contribution is -2.10. The number of benzene rings is 1. The summed E-state index contributed by atoms with van der Waals surface area (Å²) < 4.78 is 0. The Kier molecular flexibility index (Phi) is 2.86. The molecule has 0 aliphatic rings. The lowest BCUT2D eigenvalue weighted by Gasteiger charge is -2.18. The van der Waals surface area contributed by atoms with Gasteiger partial charge < -0.3 is 0 Å². The zero-order valence-electron chi connectivity index (χ0n) is 8.67. The molecule has 0 saturated heterocycles. The molecule has 13 heavy (non-hydrogen) atoms. The molecule has 0 unspecified atom stereocenters. The average Bonchev–Trinajstić information content (AvgIpc) is 2.04. The molecule has 0 fully saturated rings. The van der Waals surface area contributed by atoms with E-state index in [0.717, 1.165) is 0 Å². The van der Waals surface area contributed by atoms with Crippen LogP contribution in [0.2, 0.25) is 0 Å². The molecule has 1 nitrogen and oxygen atoms in total. The molecule has 0 aliphatic carbocycles. The third-order valence-electron chi connectivity index (χ3n) is 2.11. The average molecular weight is 175 g/mol. The Hall–Kier alpha value is -1.11. The fourth-order valence-electron chi connectivity index (χ4n) is 1.24. The second-order valence-corrected chi connectivity index (χ2v) is 4.33. The molecule has 0 bridgehead atoms. The molecule has 0 N–H and O–H groups in total. The molecule has 0 aromatic heterocycles. The van der Waals surface area contributed by atoms with Gasteiger partial charge in [0.05, 0.1) is 6.54 Å². The van der Waals surface area contributed by atoms with Crippen molar-refractivity contribution in [2.75, 3.05) is 0 Å². The van der Waals surface area contributed by atoms with E-state index in [1.165, 1.54) is 11.1 Å². The van der Waals surface area contributed by atoms with Crippen molar-refractivity contribution < 1.29 is 0 Å². The summed E-state index contributed by atoms with van der Waals surface area (Å²) in [5.74, 6) is 0. The van der Waals surface area contributed by atoms with Crippen LogP contribution in [0.25, 0.3) is 0 Å². The number of hydrogen-bond donors (Lipinski definition) is 0. The SMILES string of the molecule is C=NCc1ccc(C(C)(C)C)cc1. The van der Waals surface area contributed by atoms with Crippen molar-refractivity contribution in [2.45, 2.75) is 32.7 Å². The van der Waals surface area contributed by atoms with Crippen LogP contribution in [-0.4, -0.2) is 6.72 Å². The van der Waals surface area contributed by atoms with Crippen LogP contribution in [0.4, 0.5) is 0 Å². The molecule has 1 rings (SSSR count). The maximum absolute atomic E-state index is 3.85. The monoisotopic (exact) mass is 175 g/mol. The van der Waals surface area contributed by atoms with Crippen LogP contribution in [-0.2, 0) is 12.0 Å². The van der Waals surface area contributed by atoms with Gasteiger partial charge in [-0.05, 0) is 23.3 Å². The molecule has 0 radical (unpaired) electrons. The van der Waals surface area contributed by atoms with E-state index in [0.29, 0.717) is 6.54 Å². The summed E-state index contributed by atoms with van der Waals surface area (Å²) >= 11 is 0. The van der Waals surface area contributed by atoms with Crippen LogP contribution in [0.1, 0.15) is 31.9 Å². The first-order chi connectivity index (χ1) is 6.04. The normalized spacial score (nSPS) is 11.3. The van der Waals surface area contributed by atoms with Crippen molar-refractivity contribution in [3.63, 3.8) is 0 Å². The third-order valence-corrected chi connectivity index (χ3v) is 2.11. The van der Waals surface area contributed by atoms with Crippen molar-refractivity contribution in [1.29, 1.82) is 0 Å². The van der Waals surface area contributed by atoms with Gasteiger partial charge in [0.25, 0.3) is 0 Å². The minimum atomic E-state index is 0.236. The quantitative estimate of drug-likeness (QED) is 0.612. The van der Waals surface area contributed by atoms with Crippen LogP contribution < -0.4 is 0 Å². The Bertz CT molecular complexity index is 277. The fourth-order valence-corrected chi connectivity index (χ4v) is 1.24. The van der Waals surface area contributed by atoms with Gasteiger partial charge in [-0.2, -0.15) is 0 Å². The van der Waals surface area contributed by atoms with Crippen molar-refractivity contribution in [2.24, 2.45) is 4.99 Å². The highest BCUT2D eigenvalue weighted by Gasteiger charge is 2.12. The van der Waals surface area contributed by atoms with Gasteiger partial charge in [-0.1, -0.05) is 45.0 Å². The first-order valence-corrected chi connectivity index (χ1v) is 4.56. The summed E-state index contributed by atoms with van der Waals surface area (Å²) in [6.45, 7) is 10.8. The highest BCUT2D eigenvalue weighted by atomic mass is 14.7. The molecule has 1 aromatic carbocycles. The topological polar surface area (TPSA) is 12.4 Å². The summed E-state index contributed by atoms with van der Waals surface area (Å²) in [6.07, 6.45) is 0. The standard InChI is InChI=1S/C12H17N/c1-12(2,3)11-7-5-10(6-8-11)9-13-4/h5-8H,4,9H2,1-3H3. The molecule has 1 heteroatoms. The van der Waals surface area contributed by atoms with Gasteiger partial charge in [0.1, 0.15) is 0 Å². The largest absolute Gasteiger partial charge is 0.296 e. The maximum atomic E-state index is 3.85. The molecule has 70 valence electrons. The molecular formula is C12H17N. The van der Waals surface area contributed by atoms with Crippen molar-refractivity contribution in [3.05, 3.63) is 35.4 Å². The van der Waals surface area contributed by atoms with Crippen LogP contribution >= 0.6 is 0 Å². The van der Waals surface area contributed by atoms with E-state index in [4.69, 9.17) is 0 Å². The van der Waals surface area contributed by atoms with Crippen molar-refractivity contribution in [1.82, 2.24) is 0 Å². The maximum Gasteiger partial charge on any atom is 0.0632 e. The van der Waals surface area contributed by atoms with Gasteiger partial charge in [-0.25, -0.2) is 0 Å². The van der Waals surface area contributed by atoms with Gasteiger partial charge in [0.2, 0.25) is 0 Å². The number of nitrogens with zero attached hydrogens (tertiary/aromatic N) is 1. The zero-order valence-corrected chi connectivity index (χ0v) is 8.67. The third kappa shape index (κ3) is 2.69. The van der Waals surface area contributed by atoms with Crippen LogP contribution in [0.5, 0.6) is 0 Å². The second kappa shape index (κ2) is 3.73. The number of aliphatic imine (C=N–C) groups is 1. The van der Waals surface area contributed by atoms with Gasteiger partial charge in [-0.3, -0.25) is 4.99 Å². The lowest BCUT2D eigenvalue weighted by atomic mass is 9.87. The van der Waals surface area contributed by atoms with Gasteiger partial charge in [0.15, 0.2) is 0 Å². The fraction of sp³-hybridized carbons (Fsp3) is 0.417. The summed E-state index contributed by atoms with van der Waals surface area (Å²) in [4.78, 5) is 3.85. The Morgan fingerprint density at radius 1 is 1.15 bits per heavy atom. The minimum absolute atomic E-state index is 0.236. The van der Waals surface area contributed by atoms with E-state index in [2.05, 4.69) is 56.7 Å². The summed E-state index contributed by atoms with van der Waals surface area (Å²) in [5.41, 5.74) is 2.82. The first kappa shape index (κ1) is 9.97. The van der Waals surface area contributed by atoms with E-state index in [1.54, 1.807) is 0 Å². The highest BCUT2D eigenvalue weighted by Crippen LogP contribution is 2.22. The highest BCUT2D eigenvalue weighted by molar-refractivity contribution is 5.29.